The molecule has 2 aromatic rings. The molecule has 1 aliphatic heterocycles. The largest absolute Gasteiger partial charge is 0.493 e. The third-order valence-corrected chi connectivity index (χ3v) is 4.95. The van der Waals surface area contributed by atoms with Crippen molar-refractivity contribution in [1.29, 1.82) is 0 Å². The van der Waals surface area contributed by atoms with Crippen LogP contribution in [-0.2, 0) is 11.2 Å². The van der Waals surface area contributed by atoms with Crippen LogP contribution in [0.15, 0.2) is 34.8 Å². The van der Waals surface area contributed by atoms with Crippen molar-refractivity contribution in [1.82, 2.24) is 0 Å². The maximum Gasteiger partial charge on any atom is 0.232 e. The van der Waals surface area contributed by atoms with Gasteiger partial charge in [0.15, 0.2) is 11.5 Å². The monoisotopic (exact) mass is 389 g/mol. The minimum atomic E-state index is -0.195. The smallest absolute Gasteiger partial charge is 0.232 e. The number of halogens is 1. The molecule has 1 amide bonds. The third kappa shape index (κ3) is 3.13. The zero-order valence-electron chi connectivity index (χ0n) is 14.0. The van der Waals surface area contributed by atoms with Crippen molar-refractivity contribution in [3.05, 3.63) is 51.5 Å². The van der Waals surface area contributed by atoms with E-state index in [-0.39, 0.29) is 11.8 Å². The number of ether oxygens (including phenoxy) is 2. The SMILES string of the molecule is CCOc1cc(C[C@H]2C(=O)Nc3ccc(C)cc32)c(Br)cc1OC. The predicted molar refractivity (Wildman–Crippen MR) is 98.1 cm³/mol. The van der Waals surface area contributed by atoms with Crippen molar-refractivity contribution in [3.63, 3.8) is 0 Å². The van der Waals surface area contributed by atoms with Gasteiger partial charge in [-0.3, -0.25) is 4.79 Å². The summed E-state index contributed by atoms with van der Waals surface area (Å²) in [5, 5.41) is 2.97. The van der Waals surface area contributed by atoms with Crippen molar-refractivity contribution in [3.8, 4) is 11.5 Å². The Labute approximate surface area is 150 Å². The van der Waals surface area contributed by atoms with Gasteiger partial charge in [0.25, 0.3) is 0 Å². The van der Waals surface area contributed by atoms with Gasteiger partial charge in [-0.2, -0.15) is 0 Å². The summed E-state index contributed by atoms with van der Waals surface area (Å²) < 4.78 is 11.9. The fourth-order valence-corrected chi connectivity index (χ4v) is 3.51. The van der Waals surface area contributed by atoms with E-state index in [0.717, 1.165) is 26.9 Å². The third-order valence-electron chi connectivity index (χ3n) is 4.21. The average molecular weight is 390 g/mol. The number of methoxy groups -OCH3 is 1. The summed E-state index contributed by atoms with van der Waals surface area (Å²) in [5.41, 5.74) is 4.14. The van der Waals surface area contributed by atoms with E-state index in [4.69, 9.17) is 9.47 Å². The number of aryl methyl sites for hydroxylation is 1. The van der Waals surface area contributed by atoms with Crippen LogP contribution in [0.5, 0.6) is 11.5 Å². The molecular formula is C19H20BrNO3. The molecule has 0 fully saturated rings. The van der Waals surface area contributed by atoms with Crippen LogP contribution in [0.25, 0.3) is 0 Å². The van der Waals surface area contributed by atoms with Crippen molar-refractivity contribution >= 4 is 27.5 Å². The first kappa shape index (κ1) is 16.8. The highest BCUT2D eigenvalue weighted by molar-refractivity contribution is 9.10. The van der Waals surface area contributed by atoms with E-state index in [2.05, 4.69) is 27.3 Å². The Morgan fingerprint density at radius 3 is 2.71 bits per heavy atom. The Bertz CT molecular complexity index is 788. The van der Waals surface area contributed by atoms with E-state index in [1.54, 1.807) is 7.11 Å². The van der Waals surface area contributed by atoms with E-state index >= 15 is 0 Å². The molecule has 0 aliphatic carbocycles. The van der Waals surface area contributed by atoms with Crippen molar-refractivity contribution in [2.45, 2.75) is 26.2 Å². The van der Waals surface area contributed by atoms with Crippen molar-refractivity contribution < 1.29 is 14.3 Å². The lowest BCUT2D eigenvalue weighted by Crippen LogP contribution is -2.14. The number of carbonyl (C=O) groups is 1. The Balaban J connectivity index is 1.96. The van der Waals surface area contributed by atoms with Gasteiger partial charge < -0.3 is 14.8 Å². The van der Waals surface area contributed by atoms with Crippen molar-refractivity contribution in [2.75, 3.05) is 19.0 Å². The fourth-order valence-electron chi connectivity index (χ4n) is 3.03. The molecule has 1 atom stereocenters. The van der Waals surface area contributed by atoms with E-state index in [1.165, 1.54) is 0 Å². The minimum absolute atomic E-state index is 0.0382. The summed E-state index contributed by atoms with van der Waals surface area (Å²) in [7, 11) is 1.62. The van der Waals surface area contributed by atoms with Gasteiger partial charge in [-0.05, 0) is 49.6 Å². The topological polar surface area (TPSA) is 47.6 Å². The van der Waals surface area contributed by atoms with Gasteiger partial charge in [0.2, 0.25) is 5.91 Å². The first-order chi connectivity index (χ1) is 11.5. The zero-order chi connectivity index (χ0) is 17.3. The minimum Gasteiger partial charge on any atom is -0.493 e. The van der Waals surface area contributed by atoms with E-state index < -0.39 is 0 Å². The summed E-state index contributed by atoms with van der Waals surface area (Å²) in [6.45, 7) is 4.53. The molecule has 0 bridgehead atoms. The fraction of sp³-hybridized carbons (Fsp3) is 0.316. The van der Waals surface area contributed by atoms with Gasteiger partial charge in [-0.1, -0.05) is 33.6 Å². The van der Waals surface area contributed by atoms with Crippen LogP contribution in [0, 0.1) is 6.92 Å². The summed E-state index contributed by atoms with van der Waals surface area (Å²) in [6, 6.07) is 9.91. The molecule has 0 aromatic heterocycles. The molecular weight excluding hydrogens is 370 g/mol. The maximum absolute atomic E-state index is 12.4. The number of rotatable bonds is 5. The number of benzene rings is 2. The molecule has 126 valence electrons. The normalized spacial score (nSPS) is 15.8. The summed E-state index contributed by atoms with van der Waals surface area (Å²) >= 11 is 3.59. The highest BCUT2D eigenvalue weighted by Gasteiger charge is 2.31. The second kappa shape index (κ2) is 6.85. The average Bonchev–Trinajstić information content (AvgIpc) is 2.86. The van der Waals surface area contributed by atoms with E-state index in [0.29, 0.717) is 24.5 Å². The number of hydrogen-bond acceptors (Lipinski definition) is 3. The number of carbonyl (C=O) groups excluding carboxylic acids is 1. The van der Waals surface area contributed by atoms with Crippen LogP contribution in [0.4, 0.5) is 5.69 Å². The molecule has 0 unspecified atom stereocenters. The van der Waals surface area contributed by atoms with Gasteiger partial charge in [0.1, 0.15) is 0 Å². The van der Waals surface area contributed by atoms with Crippen LogP contribution in [0.3, 0.4) is 0 Å². The molecule has 0 radical (unpaired) electrons. The van der Waals surface area contributed by atoms with Crippen molar-refractivity contribution in [2.24, 2.45) is 0 Å². The number of anilines is 1. The van der Waals surface area contributed by atoms with Gasteiger partial charge in [-0.15, -0.1) is 0 Å². The molecule has 3 rings (SSSR count). The highest BCUT2D eigenvalue weighted by Crippen LogP contribution is 2.39. The molecule has 1 aliphatic rings. The maximum atomic E-state index is 12.4. The molecule has 0 spiro atoms. The van der Waals surface area contributed by atoms with Gasteiger partial charge in [0, 0.05) is 10.2 Å². The van der Waals surface area contributed by atoms with Crippen LogP contribution in [0.2, 0.25) is 0 Å². The van der Waals surface area contributed by atoms with E-state index in [1.807, 2.05) is 38.1 Å². The highest BCUT2D eigenvalue weighted by atomic mass is 79.9. The Hall–Kier alpha value is -2.01. The quantitative estimate of drug-likeness (QED) is 0.821. The Morgan fingerprint density at radius 1 is 1.21 bits per heavy atom. The van der Waals surface area contributed by atoms with E-state index in [9.17, 15) is 4.79 Å². The number of amides is 1. The lowest BCUT2D eigenvalue weighted by Gasteiger charge is -2.15. The lowest BCUT2D eigenvalue weighted by molar-refractivity contribution is -0.117. The first-order valence-electron chi connectivity index (χ1n) is 7.94. The van der Waals surface area contributed by atoms with Crippen LogP contribution >= 0.6 is 15.9 Å². The second-order valence-electron chi connectivity index (χ2n) is 5.86. The summed E-state index contributed by atoms with van der Waals surface area (Å²) in [5.74, 6) is 1.22. The van der Waals surface area contributed by atoms with Crippen LogP contribution in [-0.4, -0.2) is 19.6 Å². The molecule has 5 heteroatoms. The Morgan fingerprint density at radius 2 is 2.00 bits per heavy atom. The first-order valence-corrected chi connectivity index (χ1v) is 8.73. The Kier molecular flexibility index (Phi) is 4.81. The molecule has 4 nitrogen and oxygen atoms in total. The number of fused-ring (bicyclic) bond motifs is 1. The molecule has 0 saturated heterocycles. The second-order valence-corrected chi connectivity index (χ2v) is 6.72. The summed E-state index contributed by atoms with van der Waals surface area (Å²) in [6.07, 6.45) is 0.604. The standard InChI is InChI=1S/C19H20BrNO3/c1-4-24-18-9-12(15(20)10-17(18)23-3)8-14-13-7-11(2)5-6-16(13)21-19(14)22/h5-7,9-10,14H,4,8H2,1-3H3,(H,21,22)/t14-/m1/s1. The zero-order valence-corrected chi connectivity index (χ0v) is 15.6. The molecule has 1 heterocycles. The predicted octanol–water partition coefficient (Wildman–Crippen LogP) is 4.44. The van der Waals surface area contributed by atoms with Crippen LogP contribution in [0.1, 0.15) is 29.5 Å². The molecule has 24 heavy (non-hydrogen) atoms. The molecule has 0 saturated carbocycles. The van der Waals surface area contributed by atoms with Gasteiger partial charge in [0.05, 0.1) is 19.6 Å². The summed E-state index contributed by atoms with van der Waals surface area (Å²) in [4.78, 5) is 12.4. The van der Waals surface area contributed by atoms with Gasteiger partial charge >= 0.3 is 0 Å². The molecule has 1 N–H and O–H groups in total. The number of nitrogens with one attached hydrogen (secondary N) is 1. The molecule has 2 aromatic carbocycles. The van der Waals surface area contributed by atoms with Gasteiger partial charge in [-0.25, -0.2) is 0 Å². The lowest BCUT2D eigenvalue weighted by atomic mass is 9.92. The van der Waals surface area contributed by atoms with Crippen LogP contribution < -0.4 is 14.8 Å². The number of hydrogen-bond donors (Lipinski definition) is 1.